The number of carbonyl (C=O) groups is 1. The molecule has 2 atom stereocenters. The van der Waals surface area contributed by atoms with Gasteiger partial charge in [-0.15, -0.1) is 0 Å². The summed E-state index contributed by atoms with van der Waals surface area (Å²) in [6.07, 6.45) is 2.03. The van der Waals surface area contributed by atoms with Crippen LogP contribution in [0.4, 0.5) is 17.1 Å². The Labute approximate surface area is 177 Å². The topological polar surface area (TPSA) is 72.8 Å². The molecule has 1 unspecified atom stereocenters. The van der Waals surface area contributed by atoms with Crippen LogP contribution in [0.3, 0.4) is 0 Å². The van der Waals surface area contributed by atoms with Crippen molar-refractivity contribution in [3.8, 4) is 0 Å². The number of aliphatic carboxylic acids is 1. The van der Waals surface area contributed by atoms with Crippen molar-refractivity contribution in [2.75, 3.05) is 16.8 Å². The highest BCUT2D eigenvalue weighted by Gasteiger charge is 2.37. The minimum absolute atomic E-state index is 0.0237. The fourth-order valence-corrected chi connectivity index (χ4v) is 4.19. The Bertz CT molecular complexity index is 861. The highest BCUT2D eigenvalue weighted by atomic mass is 35.5. The van der Waals surface area contributed by atoms with Gasteiger partial charge >= 0.3 is 5.97 Å². The van der Waals surface area contributed by atoms with E-state index in [4.69, 9.17) is 16.7 Å². The summed E-state index contributed by atoms with van der Waals surface area (Å²) in [6, 6.07) is 13.6. The lowest BCUT2D eigenvalue weighted by molar-refractivity contribution is -0.137. The molecule has 0 aliphatic carbocycles. The van der Waals surface area contributed by atoms with E-state index in [9.17, 15) is 9.90 Å². The van der Waals surface area contributed by atoms with Crippen LogP contribution in [0, 0.1) is 0 Å². The van der Waals surface area contributed by atoms with E-state index in [0.29, 0.717) is 5.02 Å². The third-order valence-corrected chi connectivity index (χ3v) is 5.82. The van der Waals surface area contributed by atoms with E-state index in [2.05, 4.69) is 10.2 Å². The second-order valence-corrected chi connectivity index (χ2v) is 8.85. The maximum Gasteiger partial charge on any atom is 0.303 e. The molecule has 0 aromatic heterocycles. The van der Waals surface area contributed by atoms with Gasteiger partial charge in [-0.25, -0.2) is 0 Å². The number of carboxylic acids is 1. The number of hydrogen-bond donors (Lipinski definition) is 3. The van der Waals surface area contributed by atoms with Crippen molar-refractivity contribution in [1.29, 1.82) is 0 Å². The summed E-state index contributed by atoms with van der Waals surface area (Å²) in [5.74, 6) is -0.911. The molecule has 1 aliphatic heterocycles. The molecule has 0 spiro atoms. The second kappa shape index (κ2) is 8.64. The lowest BCUT2D eigenvalue weighted by atomic mass is 9.94. The van der Waals surface area contributed by atoms with Gasteiger partial charge in [-0.05, 0) is 74.6 Å². The first-order valence-corrected chi connectivity index (χ1v) is 10.4. The van der Waals surface area contributed by atoms with Crippen molar-refractivity contribution in [1.82, 2.24) is 0 Å². The summed E-state index contributed by atoms with van der Waals surface area (Å²) in [7, 11) is 0. The van der Waals surface area contributed by atoms with Crippen molar-refractivity contribution in [2.24, 2.45) is 0 Å². The van der Waals surface area contributed by atoms with Gasteiger partial charge in [-0.3, -0.25) is 4.79 Å². The third-order valence-electron chi connectivity index (χ3n) is 5.57. The van der Waals surface area contributed by atoms with Gasteiger partial charge in [-0.1, -0.05) is 24.6 Å². The molecule has 2 aromatic rings. The quantitative estimate of drug-likeness (QED) is 0.563. The van der Waals surface area contributed by atoms with Crippen LogP contribution in [0.25, 0.3) is 0 Å². The number of anilines is 3. The van der Waals surface area contributed by atoms with Crippen LogP contribution in [0.2, 0.25) is 5.02 Å². The van der Waals surface area contributed by atoms with Crippen LogP contribution >= 0.6 is 11.6 Å². The van der Waals surface area contributed by atoms with Gasteiger partial charge in [0.25, 0.3) is 0 Å². The number of nitrogens with one attached hydrogen (secondary N) is 1. The van der Waals surface area contributed by atoms with Crippen LogP contribution in [-0.2, 0) is 4.79 Å². The van der Waals surface area contributed by atoms with E-state index < -0.39 is 11.6 Å². The number of hydrogen-bond acceptors (Lipinski definition) is 4. The molecule has 3 N–H and O–H groups in total. The average molecular weight is 417 g/mol. The Hall–Kier alpha value is -2.24. The molecular weight excluding hydrogens is 388 g/mol. The molecule has 6 heteroatoms. The molecule has 1 saturated heterocycles. The molecule has 1 heterocycles. The van der Waals surface area contributed by atoms with Gasteiger partial charge in [0.05, 0.1) is 29.4 Å². The molecule has 156 valence electrons. The summed E-state index contributed by atoms with van der Waals surface area (Å²) in [5, 5.41) is 24.0. The Morgan fingerprint density at radius 1 is 1.28 bits per heavy atom. The molecule has 1 aliphatic rings. The maximum absolute atomic E-state index is 11.2. The molecule has 0 radical (unpaired) electrons. The predicted molar refractivity (Wildman–Crippen MR) is 119 cm³/mol. The maximum atomic E-state index is 11.2. The summed E-state index contributed by atoms with van der Waals surface area (Å²) in [5.41, 5.74) is 2.96. The highest BCUT2D eigenvalue weighted by molar-refractivity contribution is 6.30. The van der Waals surface area contributed by atoms with Gasteiger partial charge in [0.1, 0.15) is 0 Å². The molecule has 5 nitrogen and oxygen atoms in total. The number of nitrogens with zero attached hydrogens (tertiary/aromatic N) is 1. The Morgan fingerprint density at radius 3 is 2.59 bits per heavy atom. The van der Waals surface area contributed by atoms with Gasteiger partial charge in [0, 0.05) is 17.3 Å². The third kappa shape index (κ3) is 5.22. The molecule has 29 heavy (non-hydrogen) atoms. The van der Waals surface area contributed by atoms with E-state index in [1.54, 1.807) is 0 Å². The standard InChI is InChI=1S/C23H29ClN2O3/c1-15(13-22(27)28)16-6-11-20(26-12-4-5-21(26)23(2,3)29)19(14-16)25-18-9-7-17(24)8-10-18/h6-11,14-15,21,25,29H,4-5,12-13H2,1-3H3,(H,27,28)/t15?,21-/m0/s1. The average Bonchev–Trinajstić information content (AvgIpc) is 3.13. The smallest absolute Gasteiger partial charge is 0.303 e. The lowest BCUT2D eigenvalue weighted by Crippen LogP contribution is -2.45. The first kappa shape index (κ1) is 21.5. The minimum Gasteiger partial charge on any atom is -0.481 e. The Balaban J connectivity index is 2.00. The van der Waals surface area contributed by atoms with E-state index in [1.165, 1.54) is 0 Å². The number of aliphatic hydroxyl groups is 1. The van der Waals surface area contributed by atoms with Crippen molar-refractivity contribution >= 4 is 34.6 Å². The number of halogens is 1. The Kier molecular flexibility index (Phi) is 6.39. The first-order chi connectivity index (χ1) is 13.6. The zero-order valence-corrected chi connectivity index (χ0v) is 17.9. The van der Waals surface area contributed by atoms with Crippen molar-refractivity contribution in [2.45, 2.75) is 57.6 Å². The summed E-state index contributed by atoms with van der Waals surface area (Å²) < 4.78 is 0. The van der Waals surface area contributed by atoms with E-state index in [0.717, 1.165) is 42.0 Å². The Morgan fingerprint density at radius 2 is 1.97 bits per heavy atom. The number of carboxylic acid groups (broad SMARTS) is 1. The molecule has 1 fully saturated rings. The van der Waals surface area contributed by atoms with Crippen LogP contribution in [0.15, 0.2) is 42.5 Å². The molecule has 0 saturated carbocycles. The fourth-order valence-electron chi connectivity index (χ4n) is 4.07. The van der Waals surface area contributed by atoms with Crippen LogP contribution in [-0.4, -0.2) is 34.4 Å². The molecule has 3 rings (SSSR count). The van der Waals surface area contributed by atoms with E-state index in [-0.39, 0.29) is 18.4 Å². The number of benzene rings is 2. The van der Waals surface area contributed by atoms with Crippen molar-refractivity contribution in [3.05, 3.63) is 53.1 Å². The van der Waals surface area contributed by atoms with E-state index in [1.807, 2.05) is 63.2 Å². The van der Waals surface area contributed by atoms with Gasteiger partial charge in [-0.2, -0.15) is 0 Å². The van der Waals surface area contributed by atoms with Crippen LogP contribution < -0.4 is 10.2 Å². The zero-order valence-electron chi connectivity index (χ0n) is 17.2. The molecule has 0 amide bonds. The largest absolute Gasteiger partial charge is 0.481 e. The SMILES string of the molecule is CC(CC(=O)O)c1ccc(N2CCC[C@H]2C(C)(C)O)c(Nc2ccc(Cl)cc2)c1. The van der Waals surface area contributed by atoms with Crippen LogP contribution in [0.1, 0.15) is 51.5 Å². The van der Waals surface area contributed by atoms with E-state index >= 15 is 0 Å². The summed E-state index contributed by atoms with van der Waals surface area (Å²) >= 11 is 6.01. The van der Waals surface area contributed by atoms with Crippen LogP contribution in [0.5, 0.6) is 0 Å². The molecule has 2 aromatic carbocycles. The molecule has 0 bridgehead atoms. The number of rotatable bonds is 7. The van der Waals surface area contributed by atoms with Gasteiger partial charge in [0.2, 0.25) is 0 Å². The highest BCUT2D eigenvalue weighted by Crippen LogP contribution is 2.39. The summed E-state index contributed by atoms with van der Waals surface area (Å²) in [6.45, 7) is 6.50. The zero-order chi connectivity index (χ0) is 21.2. The lowest BCUT2D eigenvalue weighted by Gasteiger charge is -2.36. The minimum atomic E-state index is -0.816. The predicted octanol–water partition coefficient (Wildman–Crippen LogP) is 5.40. The summed E-state index contributed by atoms with van der Waals surface area (Å²) in [4.78, 5) is 13.4. The van der Waals surface area contributed by atoms with Crippen molar-refractivity contribution in [3.63, 3.8) is 0 Å². The second-order valence-electron chi connectivity index (χ2n) is 8.41. The first-order valence-electron chi connectivity index (χ1n) is 10.0. The van der Waals surface area contributed by atoms with Crippen molar-refractivity contribution < 1.29 is 15.0 Å². The molecular formula is C23H29ClN2O3. The fraction of sp³-hybridized carbons (Fsp3) is 0.435. The van der Waals surface area contributed by atoms with Gasteiger partial charge in [0.15, 0.2) is 0 Å². The van der Waals surface area contributed by atoms with Gasteiger partial charge < -0.3 is 20.4 Å². The normalized spacial score (nSPS) is 18.0. The monoisotopic (exact) mass is 416 g/mol.